The van der Waals surface area contributed by atoms with Crippen molar-refractivity contribution in [2.75, 3.05) is 6.54 Å². The Bertz CT molecular complexity index is 534. The number of rotatable bonds is 2. The highest BCUT2D eigenvalue weighted by Gasteiger charge is 2.32. The lowest BCUT2D eigenvalue weighted by atomic mass is 9.93. The Morgan fingerprint density at radius 3 is 2.83 bits per heavy atom. The molecule has 0 aliphatic carbocycles. The predicted molar refractivity (Wildman–Crippen MR) is 66.8 cm³/mol. The van der Waals surface area contributed by atoms with Gasteiger partial charge in [0.05, 0.1) is 17.7 Å². The van der Waals surface area contributed by atoms with Crippen LogP contribution in [0.1, 0.15) is 34.7 Å². The largest absolute Gasteiger partial charge is 0.361 e. The summed E-state index contributed by atoms with van der Waals surface area (Å²) in [5.41, 5.74) is 9.55. The summed E-state index contributed by atoms with van der Waals surface area (Å²) in [6.45, 7) is 4.75. The molecular formula is C13H16N4O. The number of pyridine rings is 1. The summed E-state index contributed by atoms with van der Waals surface area (Å²) in [4.78, 5) is 4.34. The first-order valence-corrected chi connectivity index (χ1v) is 6.08. The van der Waals surface area contributed by atoms with Crippen LogP contribution in [0.15, 0.2) is 28.9 Å². The molecule has 0 spiro atoms. The Hall–Kier alpha value is -1.72. The fourth-order valence-corrected chi connectivity index (χ4v) is 2.30. The van der Waals surface area contributed by atoms with Crippen molar-refractivity contribution < 1.29 is 4.52 Å². The van der Waals surface area contributed by atoms with Gasteiger partial charge in [0.1, 0.15) is 5.76 Å². The molecule has 94 valence electrons. The monoisotopic (exact) mass is 244 g/mol. The number of nitrogens with one attached hydrogen (secondary N) is 2. The van der Waals surface area contributed by atoms with Crippen LogP contribution in [0.4, 0.5) is 0 Å². The lowest BCUT2D eigenvalue weighted by Gasteiger charge is -2.15. The van der Waals surface area contributed by atoms with Crippen LogP contribution in [0, 0.1) is 13.8 Å². The van der Waals surface area contributed by atoms with Gasteiger partial charge in [-0.1, -0.05) is 11.2 Å². The highest BCUT2D eigenvalue weighted by molar-refractivity contribution is 5.24. The zero-order chi connectivity index (χ0) is 12.5. The molecule has 3 heterocycles. The smallest absolute Gasteiger partial charge is 0.143 e. The zero-order valence-electron chi connectivity index (χ0n) is 10.5. The lowest BCUT2D eigenvalue weighted by Crippen LogP contribution is -2.25. The van der Waals surface area contributed by atoms with E-state index in [-0.39, 0.29) is 12.0 Å². The standard InChI is InChI=1S/C13H16N4O/c1-8-3-4-10(6-14-8)13-11(7-15-16-13)12-5-9(2)17-18-12/h3-6,11,13,15-16H,7H2,1-2H3. The van der Waals surface area contributed by atoms with Gasteiger partial charge in [0.25, 0.3) is 0 Å². The second-order valence-electron chi connectivity index (χ2n) is 4.71. The SMILES string of the molecule is Cc1ccc(C2NNCC2c2cc(C)no2)cn1. The lowest BCUT2D eigenvalue weighted by molar-refractivity contribution is 0.350. The van der Waals surface area contributed by atoms with Gasteiger partial charge in [-0.2, -0.15) is 0 Å². The number of hydrazine groups is 1. The molecule has 1 saturated heterocycles. The van der Waals surface area contributed by atoms with Crippen molar-refractivity contribution in [1.29, 1.82) is 0 Å². The average molecular weight is 244 g/mol. The number of hydrogen-bond acceptors (Lipinski definition) is 5. The minimum absolute atomic E-state index is 0.172. The molecule has 0 saturated carbocycles. The molecule has 2 N–H and O–H groups in total. The zero-order valence-corrected chi connectivity index (χ0v) is 10.5. The van der Waals surface area contributed by atoms with E-state index in [1.807, 2.05) is 32.2 Å². The van der Waals surface area contributed by atoms with Gasteiger partial charge in [-0.05, 0) is 25.5 Å². The summed E-state index contributed by atoms with van der Waals surface area (Å²) in [7, 11) is 0. The fourth-order valence-electron chi connectivity index (χ4n) is 2.30. The first-order valence-electron chi connectivity index (χ1n) is 6.08. The van der Waals surface area contributed by atoms with E-state index in [9.17, 15) is 0 Å². The van der Waals surface area contributed by atoms with Crippen molar-refractivity contribution in [2.45, 2.75) is 25.8 Å². The van der Waals surface area contributed by atoms with Crippen molar-refractivity contribution in [1.82, 2.24) is 21.0 Å². The Kier molecular flexibility index (Phi) is 2.85. The third-order valence-electron chi connectivity index (χ3n) is 3.29. The van der Waals surface area contributed by atoms with Crippen LogP contribution in [0.5, 0.6) is 0 Å². The maximum Gasteiger partial charge on any atom is 0.143 e. The summed E-state index contributed by atoms with van der Waals surface area (Å²) >= 11 is 0. The summed E-state index contributed by atoms with van der Waals surface area (Å²) in [5.74, 6) is 1.16. The summed E-state index contributed by atoms with van der Waals surface area (Å²) in [6.07, 6.45) is 1.91. The van der Waals surface area contributed by atoms with Gasteiger partial charge in [0, 0.05) is 24.5 Å². The summed E-state index contributed by atoms with van der Waals surface area (Å²) < 4.78 is 5.37. The van der Waals surface area contributed by atoms with Crippen LogP contribution in [-0.2, 0) is 0 Å². The van der Waals surface area contributed by atoms with Crippen molar-refractivity contribution in [3.63, 3.8) is 0 Å². The fraction of sp³-hybridized carbons (Fsp3) is 0.385. The Morgan fingerprint density at radius 2 is 2.17 bits per heavy atom. The van der Waals surface area contributed by atoms with E-state index in [1.54, 1.807) is 0 Å². The molecule has 2 aromatic heterocycles. The Labute approximate surface area is 106 Å². The Morgan fingerprint density at radius 1 is 1.28 bits per heavy atom. The van der Waals surface area contributed by atoms with Crippen LogP contribution in [0.25, 0.3) is 0 Å². The van der Waals surface area contributed by atoms with E-state index in [0.717, 1.165) is 29.3 Å². The predicted octanol–water partition coefficient (Wildman–Crippen LogP) is 1.62. The summed E-state index contributed by atoms with van der Waals surface area (Å²) in [6, 6.07) is 6.29. The molecule has 18 heavy (non-hydrogen) atoms. The third-order valence-corrected chi connectivity index (χ3v) is 3.29. The maximum absolute atomic E-state index is 5.37. The van der Waals surface area contributed by atoms with Gasteiger partial charge < -0.3 is 4.52 Å². The van der Waals surface area contributed by atoms with Gasteiger partial charge in [-0.3, -0.25) is 10.4 Å². The summed E-state index contributed by atoms with van der Waals surface area (Å²) in [5, 5.41) is 3.96. The van der Waals surface area contributed by atoms with E-state index < -0.39 is 0 Å². The molecule has 1 fully saturated rings. The van der Waals surface area contributed by atoms with Crippen LogP contribution in [0.3, 0.4) is 0 Å². The molecule has 0 amide bonds. The van der Waals surface area contributed by atoms with E-state index in [4.69, 9.17) is 4.52 Å². The molecule has 1 aliphatic rings. The molecule has 5 nitrogen and oxygen atoms in total. The quantitative estimate of drug-likeness (QED) is 0.840. The van der Waals surface area contributed by atoms with E-state index in [0.29, 0.717) is 0 Å². The number of nitrogens with zero attached hydrogens (tertiary/aromatic N) is 2. The molecule has 0 bridgehead atoms. The van der Waals surface area contributed by atoms with Gasteiger partial charge in [0.2, 0.25) is 0 Å². The van der Waals surface area contributed by atoms with Crippen LogP contribution in [-0.4, -0.2) is 16.7 Å². The van der Waals surface area contributed by atoms with Crippen molar-refractivity contribution in [2.24, 2.45) is 0 Å². The van der Waals surface area contributed by atoms with Crippen LogP contribution in [0.2, 0.25) is 0 Å². The molecule has 2 atom stereocenters. The van der Waals surface area contributed by atoms with Gasteiger partial charge >= 0.3 is 0 Å². The molecule has 1 aliphatic heterocycles. The minimum Gasteiger partial charge on any atom is -0.361 e. The van der Waals surface area contributed by atoms with E-state index >= 15 is 0 Å². The van der Waals surface area contributed by atoms with Gasteiger partial charge in [0.15, 0.2) is 0 Å². The first kappa shape index (κ1) is 11.4. The molecule has 2 aromatic rings. The maximum atomic E-state index is 5.37. The minimum atomic E-state index is 0.172. The number of aromatic nitrogens is 2. The third kappa shape index (κ3) is 2.02. The first-order chi connectivity index (χ1) is 8.74. The number of aryl methyl sites for hydroxylation is 2. The van der Waals surface area contributed by atoms with E-state index in [2.05, 4.69) is 27.1 Å². The second kappa shape index (κ2) is 4.51. The second-order valence-corrected chi connectivity index (χ2v) is 4.71. The molecule has 0 radical (unpaired) electrons. The normalized spacial score (nSPS) is 23.4. The average Bonchev–Trinajstić information content (AvgIpc) is 2.98. The van der Waals surface area contributed by atoms with Gasteiger partial charge in [-0.15, -0.1) is 0 Å². The van der Waals surface area contributed by atoms with Gasteiger partial charge in [-0.25, -0.2) is 5.43 Å². The molecule has 3 rings (SSSR count). The highest BCUT2D eigenvalue weighted by atomic mass is 16.5. The molecule has 2 unspecified atom stereocenters. The van der Waals surface area contributed by atoms with Crippen LogP contribution >= 0.6 is 0 Å². The highest BCUT2D eigenvalue weighted by Crippen LogP contribution is 2.33. The molecule has 0 aromatic carbocycles. The molecule has 5 heteroatoms. The van der Waals surface area contributed by atoms with E-state index in [1.165, 1.54) is 0 Å². The topological polar surface area (TPSA) is 63.0 Å². The van der Waals surface area contributed by atoms with Crippen molar-refractivity contribution in [3.05, 3.63) is 47.1 Å². The van der Waals surface area contributed by atoms with Crippen molar-refractivity contribution >= 4 is 0 Å². The number of hydrogen-bond donors (Lipinski definition) is 2. The Balaban J connectivity index is 1.89. The van der Waals surface area contributed by atoms with Crippen LogP contribution < -0.4 is 10.9 Å². The molecular weight excluding hydrogens is 228 g/mol. The van der Waals surface area contributed by atoms with Crippen molar-refractivity contribution in [3.8, 4) is 0 Å².